The lowest BCUT2D eigenvalue weighted by molar-refractivity contribution is 0.338. The minimum atomic E-state index is 0.210. The Bertz CT molecular complexity index is 293. The van der Waals surface area contributed by atoms with Crippen molar-refractivity contribution in [2.45, 2.75) is 58.9 Å². The Morgan fingerprint density at radius 2 is 1.88 bits per heavy atom. The van der Waals surface area contributed by atoms with E-state index in [4.69, 9.17) is 0 Å². The fraction of sp³-hybridized carbons (Fsp3) is 0.733. The first-order valence-corrected chi connectivity index (χ1v) is 7.64. The van der Waals surface area contributed by atoms with Crippen LogP contribution in [0.4, 0.5) is 0 Å². The van der Waals surface area contributed by atoms with Gasteiger partial charge in [-0.15, -0.1) is 11.3 Å². The van der Waals surface area contributed by atoms with E-state index in [2.05, 4.69) is 57.4 Å². The Labute approximate surface area is 111 Å². The van der Waals surface area contributed by atoms with Crippen LogP contribution in [-0.2, 0) is 0 Å². The van der Waals surface area contributed by atoms with Crippen molar-refractivity contribution in [3.63, 3.8) is 0 Å². The molecule has 0 fully saturated rings. The van der Waals surface area contributed by atoms with Gasteiger partial charge in [-0.1, -0.05) is 32.8 Å². The summed E-state index contributed by atoms with van der Waals surface area (Å²) in [7, 11) is 0. The van der Waals surface area contributed by atoms with Crippen LogP contribution in [0.2, 0.25) is 0 Å². The molecule has 0 bridgehead atoms. The summed E-state index contributed by atoms with van der Waals surface area (Å²) in [6.07, 6.45) is 2.54. The van der Waals surface area contributed by atoms with E-state index in [1.54, 1.807) is 0 Å². The molecular formula is C15H27NS. The highest BCUT2D eigenvalue weighted by atomic mass is 32.1. The molecule has 0 aromatic carbocycles. The zero-order valence-corrected chi connectivity index (χ0v) is 12.7. The number of thiophene rings is 1. The van der Waals surface area contributed by atoms with Crippen LogP contribution >= 0.6 is 11.3 Å². The third kappa shape index (κ3) is 4.81. The molecule has 0 aliphatic heterocycles. The van der Waals surface area contributed by atoms with Crippen molar-refractivity contribution in [2.75, 3.05) is 6.54 Å². The molecule has 1 nitrogen and oxygen atoms in total. The van der Waals surface area contributed by atoms with Gasteiger partial charge in [0.25, 0.3) is 0 Å². The van der Waals surface area contributed by atoms with Gasteiger partial charge in [0.05, 0.1) is 0 Å². The molecule has 17 heavy (non-hydrogen) atoms. The van der Waals surface area contributed by atoms with E-state index in [1.807, 2.05) is 11.3 Å². The lowest BCUT2D eigenvalue weighted by Gasteiger charge is -2.29. The molecule has 0 saturated carbocycles. The van der Waals surface area contributed by atoms with Crippen LogP contribution in [-0.4, -0.2) is 12.1 Å². The van der Waals surface area contributed by atoms with Crippen LogP contribution in [0.3, 0.4) is 0 Å². The number of hydrogen-bond donors (Lipinski definition) is 1. The van der Waals surface area contributed by atoms with Gasteiger partial charge in [-0.3, -0.25) is 0 Å². The van der Waals surface area contributed by atoms with Crippen LogP contribution in [0, 0.1) is 5.92 Å². The van der Waals surface area contributed by atoms with E-state index in [-0.39, 0.29) is 5.54 Å². The van der Waals surface area contributed by atoms with Crippen molar-refractivity contribution in [3.05, 3.63) is 22.4 Å². The fourth-order valence-corrected chi connectivity index (χ4v) is 3.20. The molecule has 0 amide bonds. The molecule has 0 spiro atoms. The van der Waals surface area contributed by atoms with Crippen molar-refractivity contribution in [1.29, 1.82) is 0 Å². The Morgan fingerprint density at radius 1 is 1.24 bits per heavy atom. The third-order valence-corrected chi connectivity index (χ3v) is 4.38. The van der Waals surface area contributed by atoms with Crippen molar-refractivity contribution in [2.24, 2.45) is 5.92 Å². The van der Waals surface area contributed by atoms with Crippen LogP contribution in [0.25, 0.3) is 0 Å². The van der Waals surface area contributed by atoms with Crippen LogP contribution in [0.5, 0.6) is 0 Å². The number of nitrogens with one attached hydrogen (secondary N) is 1. The second-order valence-corrected chi connectivity index (χ2v) is 6.81. The summed E-state index contributed by atoms with van der Waals surface area (Å²) >= 11 is 1.90. The highest BCUT2D eigenvalue weighted by molar-refractivity contribution is 7.10. The molecule has 2 heteroatoms. The lowest BCUT2D eigenvalue weighted by atomic mass is 9.86. The molecule has 1 atom stereocenters. The highest BCUT2D eigenvalue weighted by Gasteiger charge is 2.23. The van der Waals surface area contributed by atoms with E-state index in [9.17, 15) is 0 Å². The van der Waals surface area contributed by atoms with Crippen molar-refractivity contribution in [3.8, 4) is 0 Å². The van der Waals surface area contributed by atoms with E-state index in [1.165, 1.54) is 17.7 Å². The molecule has 0 aliphatic carbocycles. The van der Waals surface area contributed by atoms with Gasteiger partial charge in [-0.2, -0.15) is 0 Å². The Balaban J connectivity index is 2.73. The Hall–Kier alpha value is -0.340. The van der Waals surface area contributed by atoms with Gasteiger partial charge in [-0.05, 0) is 38.1 Å². The quantitative estimate of drug-likeness (QED) is 0.777. The molecule has 1 aromatic heterocycles. The van der Waals surface area contributed by atoms with Gasteiger partial charge in [0.2, 0.25) is 0 Å². The van der Waals surface area contributed by atoms with Crippen molar-refractivity contribution in [1.82, 2.24) is 5.32 Å². The number of rotatable bonds is 6. The molecule has 1 rings (SSSR count). The molecule has 0 radical (unpaired) electrons. The molecule has 1 N–H and O–H groups in total. The maximum absolute atomic E-state index is 3.67. The Kier molecular flexibility index (Phi) is 5.68. The van der Waals surface area contributed by atoms with Crippen LogP contribution < -0.4 is 5.32 Å². The molecule has 1 unspecified atom stereocenters. The second kappa shape index (κ2) is 6.55. The predicted octanol–water partition coefficient (Wildman–Crippen LogP) is 4.66. The van der Waals surface area contributed by atoms with Gasteiger partial charge < -0.3 is 5.32 Å². The predicted molar refractivity (Wildman–Crippen MR) is 78.9 cm³/mol. The van der Waals surface area contributed by atoms with Gasteiger partial charge in [0, 0.05) is 22.9 Å². The van der Waals surface area contributed by atoms with Gasteiger partial charge in [0.15, 0.2) is 0 Å². The van der Waals surface area contributed by atoms with E-state index >= 15 is 0 Å². The standard InChI is InChI=1S/C15H27NS/c1-6-12(7-2)13(11-16-15(3,4)5)14-9-8-10-17-14/h8-10,12-13,16H,6-7,11H2,1-5H3. The van der Waals surface area contributed by atoms with E-state index < -0.39 is 0 Å². The summed E-state index contributed by atoms with van der Waals surface area (Å²) in [4.78, 5) is 1.54. The second-order valence-electron chi connectivity index (χ2n) is 5.83. The zero-order valence-electron chi connectivity index (χ0n) is 11.9. The van der Waals surface area contributed by atoms with Crippen molar-refractivity contribution < 1.29 is 0 Å². The normalized spacial score (nSPS) is 14.2. The molecule has 98 valence electrons. The topological polar surface area (TPSA) is 12.0 Å². The first-order chi connectivity index (χ1) is 7.98. The monoisotopic (exact) mass is 253 g/mol. The third-order valence-electron chi connectivity index (χ3n) is 3.38. The maximum Gasteiger partial charge on any atom is 0.00967 e. The smallest absolute Gasteiger partial charge is 0.00967 e. The maximum atomic E-state index is 3.67. The molecule has 0 aliphatic rings. The summed E-state index contributed by atoms with van der Waals surface area (Å²) in [5.41, 5.74) is 0.210. The highest BCUT2D eigenvalue weighted by Crippen LogP contribution is 2.32. The minimum absolute atomic E-state index is 0.210. The fourth-order valence-electron chi connectivity index (χ4n) is 2.28. The average Bonchev–Trinajstić information content (AvgIpc) is 2.76. The SMILES string of the molecule is CCC(CC)C(CNC(C)(C)C)c1cccs1. The summed E-state index contributed by atoms with van der Waals surface area (Å²) < 4.78 is 0. The van der Waals surface area contributed by atoms with Crippen LogP contribution in [0.1, 0.15) is 58.3 Å². The first-order valence-electron chi connectivity index (χ1n) is 6.76. The van der Waals surface area contributed by atoms with E-state index in [0.717, 1.165) is 12.5 Å². The number of hydrogen-bond acceptors (Lipinski definition) is 2. The summed E-state index contributed by atoms with van der Waals surface area (Å²) in [6, 6.07) is 4.46. The van der Waals surface area contributed by atoms with Gasteiger partial charge in [-0.25, -0.2) is 0 Å². The van der Waals surface area contributed by atoms with Gasteiger partial charge in [0.1, 0.15) is 0 Å². The molecule has 1 heterocycles. The average molecular weight is 253 g/mol. The molecule has 1 aromatic rings. The lowest BCUT2D eigenvalue weighted by Crippen LogP contribution is -2.39. The van der Waals surface area contributed by atoms with Gasteiger partial charge >= 0.3 is 0 Å². The first kappa shape index (κ1) is 14.7. The zero-order chi connectivity index (χ0) is 12.9. The summed E-state index contributed by atoms with van der Waals surface area (Å²) in [6.45, 7) is 12.4. The molecule has 0 saturated heterocycles. The minimum Gasteiger partial charge on any atom is -0.311 e. The Morgan fingerprint density at radius 3 is 2.29 bits per heavy atom. The summed E-state index contributed by atoms with van der Waals surface area (Å²) in [5, 5.41) is 5.86. The summed E-state index contributed by atoms with van der Waals surface area (Å²) in [5.74, 6) is 1.47. The van der Waals surface area contributed by atoms with Crippen molar-refractivity contribution >= 4 is 11.3 Å². The van der Waals surface area contributed by atoms with E-state index in [0.29, 0.717) is 5.92 Å². The van der Waals surface area contributed by atoms with Crippen LogP contribution in [0.15, 0.2) is 17.5 Å². The molecular weight excluding hydrogens is 226 g/mol. The largest absolute Gasteiger partial charge is 0.311 e.